The zero-order valence-electron chi connectivity index (χ0n) is 20.3. The maximum Gasteiger partial charge on any atom is 0.307 e. The molecule has 0 heterocycles. The van der Waals surface area contributed by atoms with E-state index in [4.69, 9.17) is 24.1 Å². The van der Waals surface area contributed by atoms with E-state index in [0.29, 0.717) is 72.1 Å². The van der Waals surface area contributed by atoms with Gasteiger partial charge in [0.05, 0.1) is 52.2 Å². The highest BCUT2D eigenvalue weighted by molar-refractivity contribution is 5.83. The molecule has 0 spiro atoms. The molecular weight excluding hydrogens is 434 g/mol. The van der Waals surface area contributed by atoms with Crippen LogP contribution >= 0.6 is 0 Å². The number of ether oxygens (including phenoxy) is 4. The minimum Gasteiger partial charge on any atom is -0.481 e. The van der Waals surface area contributed by atoms with Gasteiger partial charge < -0.3 is 29.4 Å². The standard InChI is InChI=1S/C23H41NO9/c1-18(2)21(23(28)29)17-22(27)24-8-6-20(26)5-4-9-30-11-13-32-15-16-33-14-12-31-10-7-19(3)25/h18,21H,4-17H2,1-3H3,(H,24,27)(H,28,29). The lowest BCUT2D eigenvalue weighted by molar-refractivity contribution is -0.145. The molecule has 0 aromatic rings. The fraction of sp³-hybridized carbons (Fsp3) is 0.826. The molecule has 0 saturated carbocycles. The second-order valence-corrected chi connectivity index (χ2v) is 8.04. The Hall–Kier alpha value is -1.88. The monoisotopic (exact) mass is 475 g/mol. The van der Waals surface area contributed by atoms with Crippen molar-refractivity contribution in [3.05, 3.63) is 0 Å². The summed E-state index contributed by atoms with van der Waals surface area (Å²) in [7, 11) is 0. The largest absolute Gasteiger partial charge is 0.481 e. The first-order valence-electron chi connectivity index (χ1n) is 11.6. The molecule has 0 rings (SSSR count). The highest BCUT2D eigenvalue weighted by Gasteiger charge is 2.24. The minimum atomic E-state index is -0.987. The van der Waals surface area contributed by atoms with Crippen molar-refractivity contribution in [2.45, 2.75) is 52.9 Å². The van der Waals surface area contributed by atoms with Crippen molar-refractivity contribution in [2.24, 2.45) is 11.8 Å². The van der Waals surface area contributed by atoms with E-state index in [0.717, 1.165) is 0 Å². The Morgan fingerprint density at radius 2 is 1.27 bits per heavy atom. The normalized spacial score (nSPS) is 12.0. The van der Waals surface area contributed by atoms with Crippen molar-refractivity contribution in [3.8, 4) is 0 Å². The molecule has 1 amide bonds. The van der Waals surface area contributed by atoms with Crippen LogP contribution in [0.25, 0.3) is 0 Å². The van der Waals surface area contributed by atoms with Crippen LogP contribution in [-0.4, -0.2) is 87.9 Å². The molecule has 1 atom stereocenters. The van der Waals surface area contributed by atoms with Crippen molar-refractivity contribution in [3.63, 3.8) is 0 Å². The molecule has 0 aliphatic carbocycles. The van der Waals surface area contributed by atoms with E-state index >= 15 is 0 Å². The third-order valence-corrected chi connectivity index (χ3v) is 4.71. The quantitative estimate of drug-likeness (QED) is 0.211. The van der Waals surface area contributed by atoms with Crippen LogP contribution in [0.15, 0.2) is 0 Å². The predicted octanol–water partition coefficient (Wildman–Crippen LogP) is 1.63. The molecule has 0 aromatic carbocycles. The molecule has 0 radical (unpaired) electrons. The van der Waals surface area contributed by atoms with Crippen molar-refractivity contribution in [1.29, 1.82) is 0 Å². The summed E-state index contributed by atoms with van der Waals surface area (Å²) in [4.78, 5) is 45.5. The maximum atomic E-state index is 11.8. The Bertz CT molecular complexity index is 566. The van der Waals surface area contributed by atoms with Gasteiger partial charge in [-0.05, 0) is 19.3 Å². The predicted molar refractivity (Wildman–Crippen MR) is 121 cm³/mol. The van der Waals surface area contributed by atoms with Gasteiger partial charge in [0.1, 0.15) is 11.6 Å². The summed E-state index contributed by atoms with van der Waals surface area (Å²) in [5.74, 6) is -2.07. The number of amides is 1. The topological polar surface area (TPSA) is 137 Å². The summed E-state index contributed by atoms with van der Waals surface area (Å²) >= 11 is 0. The molecule has 0 aliphatic rings. The van der Waals surface area contributed by atoms with E-state index in [2.05, 4.69) is 5.32 Å². The molecule has 10 nitrogen and oxygen atoms in total. The minimum absolute atomic E-state index is 0.0243. The van der Waals surface area contributed by atoms with E-state index in [1.807, 2.05) is 0 Å². The number of carbonyl (C=O) groups is 4. The lowest BCUT2D eigenvalue weighted by Crippen LogP contribution is -2.31. The first-order valence-corrected chi connectivity index (χ1v) is 11.6. The number of carboxylic acid groups (broad SMARTS) is 1. The van der Waals surface area contributed by atoms with Gasteiger partial charge in [-0.1, -0.05) is 13.8 Å². The fourth-order valence-corrected chi connectivity index (χ4v) is 2.70. The Morgan fingerprint density at radius 1 is 0.758 bits per heavy atom. The first-order chi connectivity index (χ1) is 15.7. The number of nitrogens with one attached hydrogen (secondary N) is 1. The molecule has 0 saturated heterocycles. The van der Waals surface area contributed by atoms with Gasteiger partial charge in [0.2, 0.25) is 5.91 Å². The SMILES string of the molecule is CC(=O)CCOCCOCCOCCOCCCC(=O)CCNC(=O)CC(C(=O)O)C(C)C. The zero-order valence-corrected chi connectivity index (χ0v) is 20.3. The fourth-order valence-electron chi connectivity index (χ4n) is 2.70. The highest BCUT2D eigenvalue weighted by atomic mass is 16.6. The molecular formula is C23H41NO9. The second kappa shape index (κ2) is 20.7. The number of hydrogen-bond donors (Lipinski definition) is 2. The van der Waals surface area contributed by atoms with E-state index in [-0.39, 0.29) is 42.8 Å². The summed E-state index contributed by atoms with van der Waals surface area (Å²) < 4.78 is 21.4. The van der Waals surface area contributed by atoms with Gasteiger partial charge in [-0.15, -0.1) is 0 Å². The molecule has 0 bridgehead atoms. The van der Waals surface area contributed by atoms with Crippen LogP contribution in [0.2, 0.25) is 0 Å². The van der Waals surface area contributed by atoms with E-state index in [9.17, 15) is 19.2 Å². The van der Waals surface area contributed by atoms with Gasteiger partial charge in [0, 0.05) is 38.8 Å². The van der Waals surface area contributed by atoms with Crippen LogP contribution in [0.3, 0.4) is 0 Å². The third kappa shape index (κ3) is 20.5. The summed E-state index contributed by atoms with van der Waals surface area (Å²) in [5.41, 5.74) is 0. The van der Waals surface area contributed by atoms with Crippen LogP contribution < -0.4 is 5.32 Å². The maximum absolute atomic E-state index is 11.8. The lowest BCUT2D eigenvalue weighted by atomic mass is 9.92. The summed E-state index contributed by atoms with van der Waals surface area (Å²) in [6.07, 6.45) is 1.51. The second-order valence-electron chi connectivity index (χ2n) is 8.04. The van der Waals surface area contributed by atoms with Crippen LogP contribution in [0.4, 0.5) is 0 Å². The molecule has 0 aromatic heterocycles. The number of carboxylic acids is 1. The number of aliphatic carboxylic acids is 1. The van der Waals surface area contributed by atoms with Gasteiger partial charge in [0.15, 0.2) is 0 Å². The molecule has 0 fully saturated rings. The number of ketones is 2. The summed E-state index contributed by atoms with van der Waals surface area (Å²) in [5, 5.41) is 11.7. The van der Waals surface area contributed by atoms with E-state index < -0.39 is 11.9 Å². The molecule has 0 aliphatic heterocycles. The number of rotatable bonds is 23. The molecule has 192 valence electrons. The Morgan fingerprint density at radius 3 is 1.76 bits per heavy atom. The van der Waals surface area contributed by atoms with Crippen molar-refractivity contribution >= 4 is 23.4 Å². The Balaban J connectivity index is 3.45. The highest BCUT2D eigenvalue weighted by Crippen LogP contribution is 2.15. The van der Waals surface area contributed by atoms with Crippen molar-refractivity contribution in [1.82, 2.24) is 5.32 Å². The van der Waals surface area contributed by atoms with E-state index in [1.54, 1.807) is 13.8 Å². The molecule has 2 N–H and O–H groups in total. The smallest absolute Gasteiger partial charge is 0.307 e. The molecule has 33 heavy (non-hydrogen) atoms. The van der Waals surface area contributed by atoms with Gasteiger partial charge >= 0.3 is 5.97 Å². The Kier molecular flexibility index (Phi) is 19.5. The average molecular weight is 476 g/mol. The molecule has 1 unspecified atom stereocenters. The summed E-state index contributed by atoms with van der Waals surface area (Å²) in [6.45, 7) is 8.80. The van der Waals surface area contributed by atoms with Crippen molar-refractivity contribution < 1.29 is 43.2 Å². The van der Waals surface area contributed by atoms with Gasteiger partial charge in [-0.3, -0.25) is 19.2 Å². The van der Waals surface area contributed by atoms with Gasteiger partial charge in [-0.2, -0.15) is 0 Å². The van der Waals surface area contributed by atoms with E-state index in [1.165, 1.54) is 6.92 Å². The van der Waals surface area contributed by atoms with Crippen LogP contribution in [0.1, 0.15) is 52.9 Å². The van der Waals surface area contributed by atoms with Gasteiger partial charge in [-0.25, -0.2) is 0 Å². The summed E-state index contributed by atoms with van der Waals surface area (Å²) in [6, 6.07) is 0. The zero-order chi connectivity index (χ0) is 24.9. The van der Waals surface area contributed by atoms with Gasteiger partial charge in [0.25, 0.3) is 0 Å². The number of Topliss-reactive ketones (excluding diaryl/α,β-unsaturated/α-hetero) is 2. The first kappa shape index (κ1) is 31.1. The van der Waals surface area contributed by atoms with Crippen LogP contribution in [-0.2, 0) is 38.1 Å². The van der Waals surface area contributed by atoms with Crippen LogP contribution in [0, 0.1) is 11.8 Å². The number of hydrogen-bond acceptors (Lipinski definition) is 8. The number of carbonyl (C=O) groups excluding carboxylic acids is 3. The molecule has 10 heteroatoms. The van der Waals surface area contributed by atoms with Crippen molar-refractivity contribution in [2.75, 3.05) is 59.4 Å². The Labute approximate surface area is 196 Å². The van der Waals surface area contributed by atoms with Crippen LogP contribution in [0.5, 0.6) is 0 Å². The lowest BCUT2D eigenvalue weighted by Gasteiger charge is -2.15. The third-order valence-electron chi connectivity index (χ3n) is 4.71. The average Bonchev–Trinajstić information content (AvgIpc) is 2.74.